The summed E-state index contributed by atoms with van der Waals surface area (Å²) >= 11 is 6.61. The first-order chi connectivity index (χ1) is 17.8. The van der Waals surface area contributed by atoms with E-state index in [9.17, 15) is 19.2 Å². The summed E-state index contributed by atoms with van der Waals surface area (Å²) < 4.78 is 15.5. The molecular formula is C27H28FN5O2S2. The molecule has 1 aromatic carbocycles. The number of carbonyl (C=O) groups is 1. The van der Waals surface area contributed by atoms with E-state index in [2.05, 4.69) is 22.4 Å². The number of aromatic nitrogens is 1. The summed E-state index contributed by atoms with van der Waals surface area (Å²) in [5.74, 6) is 0.214. The first kappa shape index (κ1) is 26.6. The molecule has 2 saturated heterocycles. The fourth-order valence-corrected chi connectivity index (χ4v) is 5.92. The Balaban J connectivity index is 1.78. The number of nitriles is 1. The van der Waals surface area contributed by atoms with Gasteiger partial charge in [-0.2, -0.15) is 5.26 Å². The molecule has 1 amide bonds. The maximum Gasteiger partial charge on any atom is 0.270 e. The lowest BCUT2D eigenvalue weighted by molar-refractivity contribution is -0.121. The van der Waals surface area contributed by atoms with Gasteiger partial charge in [-0.3, -0.25) is 19.1 Å². The van der Waals surface area contributed by atoms with Crippen molar-refractivity contribution in [2.45, 2.75) is 26.8 Å². The van der Waals surface area contributed by atoms with Crippen LogP contribution in [0.15, 0.2) is 46.6 Å². The van der Waals surface area contributed by atoms with E-state index in [0.717, 1.165) is 5.69 Å². The van der Waals surface area contributed by atoms with Gasteiger partial charge < -0.3 is 9.80 Å². The Morgan fingerprint density at radius 1 is 1.16 bits per heavy atom. The molecule has 4 rings (SSSR count). The third kappa shape index (κ3) is 5.20. The molecule has 37 heavy (non-hydrogen) atoms. The van der Waals surface area contributed by atoms with Gasteiger partial charge in [0.1, 0.15) is 27.6 Å². The van der Waals surface area contributed by atoms with Crippen LogP contribution in [0.1, 0.15) is 30.0 Å². The van der Waals surface area contributed by atoms with Gasteiger partial charge in [0.2, 0.25) is 0 Å². The summed E-state index contributed by atoms with van der Waals surface area (Å²) in [6.07, 6.45) is 4.10. The average molecular weight is 538 g/mol. The van der Waals surface area contributed by atoms with E-state index in [1.807, 2.05) is 6.92 Å². The highest BCUT2D eigenvalue weighted by Gasteiger charge is 2.33. The highest BCUT2D eigenvalue weighted by atomic mass is 32.2. The third-order valence-corrected chi connectivity index (χ3v) is 7.90. The second kappa shape index (κ2) is 11.3. The lowest BCUT2D eigenvalue weighted by Gasteiger charge is -2.39. The van der Waals surface area contributed by atoms with E-state index in [1.165, 1.54) is 28.8 Å². The first-order valence-electron chi connectivity index (χ1n) is 12.1. The molecule has 0 unspecified atom stereocenters. The number of piperazine rings is 1. The second-order valence-electron chi connectivity index (χ2n) is 8.84. The molecule has 1 aromatic heterocycles. The zero-order valence-electron chi connectivity index (χ0n) is 20.9. The van der Waals surface area contributed by atoms with Crippen LogP contribution in [0.2, 0.25) is 0 Å². The Bertz CT molecular complexity index is 1370. The van der Waals surface area contributed by atoms with Gasteiger partial charge in [-0.15, -0.1) is 6.58 Å². The molecule has 0 atom stereocenters. The first-order valence-corrected chi connectivity index (χ1v) is 13.3. The van der Waals surface area contributed by atoms with E-state index in [-0.39, 0.29) is 22.8 Å². The minimum atomic E-state index is -0.325. The van der Waals surface area contributed by atoms with Crippen molar-refractivity contribution in [1.82, 2.24) is 9.47 Å². The molecule has 2 aromatic rings. The van der Waals surface area contributed by atoms with Gasteiger partial charge in [0.15, 0.2) is 0 Å². The number of nitrogens with zero attached hydrogens (tertiary/aromatic N) is 5. The maximum absolute atomic E-state index is 13.4. The lowest BCUT2D eigenvalue weighted by Crippen LogP contribution is -2.48. The zero-order valence-corrected chi connectivity index (χ0v) is 22.5. The lowest BCUT2D eigenvalue weighted by atomic mass is 10.0. The number of halogens is 1. The Labute approximate surface area is 225 Å². The van der Waals surface area contributed by atoms with Crippen molar-refractivity contribution in [3.05, 3.63) is 74.7 Å². The number of pyridine rings is 1. The number of thioether (sulfide) groups is 1. The Kier molecular flexibility index (Phi) is 8.15. The minimum Gasteiger partial charge on any atom is -0.368 e. The summed E-state index contributed by atoms with van der Waals surface area (Å²) in [5.41, 5.74) is 1.92. The van der Waals surface area contributed by atoms with Crippen molar-refractivity contribution in [3.63, 3.8) is 0 Å². The number of amides is 1. The van der Waals surface area contributed by atoms with E-state index in [4.69, 9.17) is 12.2 Å². The van der Waals surface area contributed by atoms with Gasteiger partial charge in [0, 0.05) is 50.5 Å². The normalized spacial score (nSPS) is 17.0. The zero-order chi connectivity index (χ0) is 26.7. The molecule has 3 heterocycles. The molecule has 2 aliphatic heterocycles. The molecule has 0 N–H and O–H groups in total. The van der Waals surface area contributed by atoms with Crippen LogP contribution in [0.3, 0.4) is 0 Å². The molecule has 0 saturated carbocycles. The van der Waals surface area contributed by atoms with Crippen LogP contribution in [0.4, 0.5) is 15.9 Å². The van der Waals surface area contributed by atoms with Crippen LogP contribution in [-0.2, 0) is 11.3 Å². The van der Waals surface area contributed by atoms with E-state index >= 15 is 0 Å². The summed E-state index contributed by atoms with van der Waals surface area (Å²) in [7, 11) is 0. The van der Waals surface area contributed by atoms with Crippen molar-refractivity contribution < 1.29 is 9.18 Å². The van der Waals surface area contributed by atoms with Crippen LogP contribution in [0, 0.1) is 24.1 Å². The average Bonchev–Trinajstić information content (AvgIpc) is 3.15. The molecular weight excluding hydrogens is 509 g/mol. The molecule has 0 aliphatic carbocycles. The largest absolute Gasteiger partial charge is 0.368 e. The van der Waals surface area contributed by atoms with Crippen molar-refractivity contribution >= 4 is 51.8 Å². The number of thiocarbonyl (C=S) groups is 1. The smallest absolute Gasteiger partial charge is 0.270 e. The molecule has 0 radical (unpaired) electrons. The highest BCUT2D eigenvalue weighted by molar-refractivity contribution is 8.26. The summed E-state index contributed by atoms with van der Waals surface area (Å²) in [6, 6.07) is 8.51. The van der Waals surface area contributed by atoms with Crippen molar-refractivity contribution in [3.8, 4) is 6.07 Å². The predicted octanol–water partition coefficient (Wildman–Crippen LogP) is 4.29. The highest BCUT2D eigenvalue weighted by Crippen LogP contribution is 2.36. The number of carbonyl (C=O) groups excluding carboxylic acids is 1. The fraction of sp³-hybridized carbons (Fsp3) is 0.333. The SMILES string of the molecule is C=CCN1C(=O)/C(=C/c2c(C)c(C#N)c(=O)n(CCC)c2N2CCN(c3ccc(F)cc3)CC2)SC1=S. The molecule has 192 valence electrons. The second-order valence-corrected chi connectivity index (χ2v) is 10.5. The monoisotopic (exact) mass is 537 g/mol. The van der Waals surface area contributed by atoms with Gasteiger partial charge in [0.25, 0.3) is 11.5 Å². The maximum atomic E-state index is 13.4. The number of hydrogen-bond donors (Lipinski definition) is 0. The molecule has 10 heteroatoms. The van der Waals surface area contributed by atoms with Gasteiger partial charge >= 0.3 is 0 Å². The third-order valence-electron chi connectivity index (χ3n) is 6.53. The van der Waals surface area contributed by atoms with Crippen LogP contribution < -0.4 is 15.4 Å². The van der Waals surface area contributed by atoms with E-state index in [1.54, 1.807) is 35.8 Å². The Morgan fingerprint density at radius 3 is 2.41 bits per heavy atom. The standard InChI is InChI=1S/C27H28FN5O2S2/c1-4-10-32-24(31-14-12-30(13-15-31)20-8-6-19(28)7-9-20)21(18(3)22(17-29)25(32)34)16-23-26(35)33(11-5-2)27(36)37-23/h5-9,16H,2,4,10-15H2,1,3H3/b23-16-. The van der Waals surface area contributed by atoms with Gasteiger partial charge in [0.05, 0.1) is 4.91 Å². The van der Waals surface area contributed by atoms with E-state index in [0.29, 0.717) is 71.9 Å². The molecule has 7 nitrogen and oxygen atoms in total. The van der Waals surface area contributed by atoms with Gasteiger partial charge in [-0.05, 0) is 49.2 Å². The van der Waals surface area contributed by atoms with Crippen LogP contribution >= 0.6 is 24.0 Å². The summed E-state index contributed by atoms with van der Waals surface area (Å²) in [4.78, 5) is 32.7. The molecule has 2 aliphatic rings. The van der Waals surface area contributed by atoms with Gasteiger partial charge in [-0.25, -0.2) is 4.39 Å². The van der Waals surface area contributed by atoms with Crippen LogP contribution in [-0.4, -0.2) is 52.4 Å². The number of hydrogen-bond acceptors (Lipinski definition) is 7. The fourth-order valence-electron chi connectivity index (χ4n) is 4.66. The Hall–Kier alpha value is -3.42. The van der Waals surface area contributed by atoms with Crippen molar-refractivity contribution in [2.24, 2.45) is 0 Å². The topological polar surface area (TPSA) is 72.6 Å². The van der Waals surface area contributed by atoms with E-state index < -0.39 is 0 Å². The van der Waals surface area contributed by atoms with Crippen LogP contribution in [0.25, 0.3) is 6.08 Å². The molecule has 0 bridgehead atoms. The van der Waals surface area contributed by atoms with Crippen molar-refractivity contribution in [1.29, 1.82) is 5.26 Å². The number of benzene rings is 1. The summed E-state index contributed by atoms with van der Waals surface area (Å²) in [5, 5.41) is 9.82. The quantitative estimate of drug-likeness (QED) is 0.296. The Morgan fingerprint density at radius 2 is 1.81 bits per heavy atom. The number of anilines is 2. The van der Waals surface area contributed by atoms with Crippen LogP contribution in [0.5, 0.6) is 0 Å². The number of rotatable bonds is 7. The molecule has 0 spiro atoms. The van der Waals surface area contributed by atoms with Gasteiger partial charge in [-0.1, -0.05) is 37.0 Å². The molecule has 2 fully saturated rings. The summed E-state index contributed by atoms with van der Waals surface area (Å²) in [6.45, 7) is 10.8. The van der Waals surface area contributed by atoms with Crippen molar-refractivity contribution in [2.75, 3.05) is 42.5 Å². The predicted molar refractivity (Wildman–Crippen MR) is 151 cm³/mol. The minimum absolute atomic E-state index is 0.0787.